The summed E-state index contributed by atoms with van der Waals surface area (Å²) < 4.78 is 0. The van der Waals surface area contributed by atoms with Gasteiger partial charge in [0.25, 0.3) is 0 Å². The summed E-state index contributed by atoms with van der Waals surface area (Å²) in [6, 6.07) is 0.402. The van der Waals surface area contributed by atoms with E-state index in [1.165, 1.54) is 28.5 Å². The standard InChI is InChI=1S/C12H22N2S2/c1-4-11-9-14-12(16-11)10(2)13-7-5-6-8-15-3/h9-10,13H,4-8H2,1-3H3. The van der Waals surface area contributed by atoms with Crippen LogP contribution in [0.1, 0.15) is 42.6 Å². The summed E-state index contributed by atoms with van der Waals surface area (Å²) in [6.07, 6.45) is 7.83. The van der Waals surface area contributed by atoms with Gasteiger partial charge in [-0.15, -0.1) is 11.3 Å². The van der Waals surface area contributed by atoms with Crippen molar-refractivity contribution >= 4 is 23.1 Å². The van der Waals surface area contributed by atoms with E-state index in [9.17, 15) is 0 Å². The first-order valence-corrected chi connectivity index (χ1v) is 8.15. The lowest BCUT2D eigenvalue weighted by Crippen LogP contribution is -2.19. The van der Waals surface area contributed by atoms with Gasteiger partial charge in [-0.25, -0.2) is 4.98 Å². The molecule has 0 bridgehead atoms. The van der Waals surface area contributed by atoms with E-state index in [0.717, 1.165) is 13.0 Å². The van der Waals surface area contributed by atoms with Crippen LogP contribution >= 0.6 is 23.1 Å². The molecule has 16 heavy (non-hydrogen) atoms. The van der Waals surface area contributed by atoms with Crippen molar-refractivity contribution in [1.29, 1.82) is 0 Å². The maximum Gasteiger partial charge on any atom is 0.109 e. The van der Waals surface area contributed by atoms with E-state index >= 15 is 0 Å². The summed E-state index contributed by atoms with van der Waals surface area (Å²) in [4.78, 5) is 5.83. The van der Waals surface area contributed by atoms with Crippen LogP contribution in [0.5, 0.6) is 0 Å². The van der Waals surface area contributed by atoms with E-state index in [2.05, 4.69) is 30.4 Å². The van der Waals surface area contributed by atoms with Crippen molar-refractivity contribution in [2.24, 2.45) is 0 Å². The molecule has 92 valence electrons. The Kier molecular flexibility index (Phi) is 7.08. The van der Waals surface area contributed by atoms with Gasteiger partial charge < -0.3 is 5.32 Å². The molecule has 4 heteroatoms. The van der Waals surface area contributed by atoms with Crippen molar-refractivity contribution in [2.75, 3.05) is 18.6 Å². The lowest BCUT2D eigenvalue weighted by molar-refractivity contribution is 0.553. The van der Waals surface area contributed by atoms with E-state index < -0.39 is 0 Å². The summed E-state index contributed by atoms with van der Waals surface area (Å²) in [5, 5.41) is 4.76. The zero-order chi connectivity index (χ0) is 11.8. The van der Waals surface area contributed by atoms with Crippen molar-refractivity contribution in [3.8, 4) is 0 Å². The predicted molar refractivity (Wildman–Crippen MR) is 75.5 cm³/mol. The molecule has 0 saturated carbocycles. The number of aryl methyl sites for hydroxylation is 1. The molecule has 0 fully saturated rings. The topological polar surface area (TPSA) is 24.9 Å². The van der Waals surface area contributed by atoms with Gasteiger partial charge >= 0.3 is 0 Å². The number of nitrogens with zero attached hydrogens (tertiary/aromatic N) is 1. The van der Waals surface area contributed by atoms with Crippen LogP contribution in [-0.2, 0) is 6.42 Å². The van der Waals surface area contributed by atoms with Gasteiger partial charge in [0.1, 0.15) is 5.01 Å². The monoisotopic (exact) mass is 258 g/mol. The number of hydrogen-bond acceptors (Lipinski definition) is 4. The largest absolute Gasteiger partial charge is 0.308 e. The van der Waals surface area contributed by atoms with E-state index in [4.69, 9.17) is 0 Å². The molecule has 1 atom stereocenters. The number of aromatic nitrogens is 1. The average molecular weight is 258 g/mol. The highest BCUT2D eigenvalue weighted by molar-refractivity contribution is 7.98. The highest BCUT2D eigenvalue weighted by atomic mass is 32.2. The van der Waals surface area contributed by atoms with Crippen LogP contribution in [0.3, 0.4) is 0 Å². The Bertz CT molecular complexity index is 286. The SMILES string of the molecule is CCc1cnc(C(C)NCCCCSC)s1. The first kappa shape index (κ1) is 14.0. The molecule has 0 amide bonds. The Labute approximate surface area is 107 Å². The van der Waals surface area contributed by atoms with E-state index in [1.54, 1.807) is 0 Å². The molecule has 1 N–H and O–H groups in total. The predicted octanol–water partition coefficient (Wildman–Crippen LogP) is 3.50. The van der Waals surface area contributed by atoms with Crippen LogP contribution in [0, 0.1) is 0 Å². The third kappa shape index (κ3) is 4.85. The fraction of sp³-hybridized carbons (Fsp3) is 0.750. The van der Waals surface area contributed by atoms with Crippen LogP contribution in [0.15, 0.2) is 6.20 Å². The highest BCUT2D eigenvalue weighted by Crippen LogP contribution is 2.20. The molecule has 2 nitrogen and oxygen atoms in total. The van der Waals surface area contributed by atoms with Gasteiger partial charge in [-0.3, -0.25) is 0 Å². The Morgan fingerprint density at radius 2 is 2.31 bits per heavy atom. The normalized spacial score (nSPS) is 12.9. The summed E-state index contributed by atoms with van der Waals surface area (Å²) >= 11 is 3.76. The molecule has 0 aliphatic heterocycles. The Morgan fingerprint density at radius 1 is 1.50 bits per heavy atom. The third-order valence-electron chi connectivity index (χ3n) is 2.52. The summed E-state index contributed by atoms with van der Waals surface area (Å²) in [5.74, 6) is 1.27. The summed E-state index contributed by atoms with van der Waals surface area (Å²) in [5.41, 5.74) is 0. The van der Waals surface area contributed by atoms with E-state index in [1.807, 2.05) is 29.3 Å². The second-order valence-corrected chi connectivity index (χ2v) is 6.03. The maximum atomic E-state index is 4.45. The zero-order valence-electron chi connectivity index (χ0n) is 10.5. The molecule has 0 radical (unpaired) electrons. The van der Waals surface area contributed by atoms with Crippen molar-refractivity contribution in [1.82, 2.24) is 10.3 Å². The van der Waals surface area contributed by atoms with Crippen LogP contribution < -0.4 is 5.32 Å². The molecule has 1 rings (SSSR count). The van der Waals surface area contributed by atoms with Crippen molar-refractivity contribution in [3.63, 3.8) is 0 Å². The van der Waals surface area contributed by atoms with Gasteiger partial charge in [0, 0.05) is 11.1 Å². The van der Waals surface area contributed by atoms with Gasteiger partial charge in [0.2, 0.25) is 0 Å². The number of nitrogens with one attached hydrogen (secondary N) is 1. The number of thiazole rings is 1. The summed E-state index contributed by atoms with van der Waals surface area (Å²) in [6.45, 7) is 5.48. The van der Waals surface area contributed by atoms with Gasteiger partial charge in [-0.1, -0.05) is 6.92 Å². The third-order valence-corrected chi connectivity index (χ3v) is 4.54. The average Bonchev–Trinajstić information content (AvgIpc) is 2.77. The second kappa shape index (κ2) is 8.09. The molecule has 1 heterocycles. The molecular formula is C12H22N2S2. The Hall–Kier alpha value is -0.0600. The first-order chi connectivity index (χ1) is 7.77. The van der Waals surface area contributed by atoms with Crippen LogP contribution in [0.25, 0.3) is 0 Å². The van der Waals surface area contributed by atoms with Crippen LogP contribution in [-0.4, -0.2) is 23.5 Å². The first-order valence-electron chi connectivity index (χ1n) is 5.94. The van der Waals surface area contributed by atoms with E-state index in [-0.39, 0.29) is 0 Å². The van der Waals surface area contributed by atoms with Crippen molar-refractivity contribution in [2.45, 2.75) is 39.2 Å². The number of rotatable bonds is 8. The molecule has 0 spiro atoms. The van der Waals surface area contributed by atoms with Gasteiger partial charge in [-0.2, -0.15) is 11.8 Å². The van der Waals surface area contributed by atoms with Crippen LogP contribution in [0.2, 0.25) is 0 Å². The Balaban J connectivity index is 2.21. The maximum absolute atomic E-state index is 4.45. The minimum atomic E-state index is 0.402. The highest BCUT2D eigenvalue weighted by Gasteiger charge is 2.08. The van der Waals surface area contributed by atoms with Gasteiger partial charge in [0.05, 0.1) is 6.04 Å². The van der Waals surface area contributed by atoms with Gasteiger partial charge in [-0.05, 0) is 44.7 Å². The minimum absolute atomic E-state index is 0.402. The zero-order valence-corrected chi connectivity index (χ0v) is 12.1. The lowest BCUT2D eigenvalue weighted by Gasteiger charge is -2.10. The van der Waals surface area contributed by atoms with Crippen LogP contribution in [0.4, 0.5) is 0 Å². The quantitative estimate of drug-likeness (QED) is 0.722. The molecule has 1 aromatic heterocycles. The smallest absolute Gasteiger partial charge is 0.109 e. The molecule has 0 aliphatic rings. The number of thioether (sulfide) groups is 1. The fourth-order valence-corrected chi connectivity index (χ4v) is 2.84. The van der Waals surface area contributed by atoms with Gasteiger partial charge in [0.15, 0.2) is 0 Å². The van der Waals surface area contributed by atoms with Crippen molar-refractivity contribution < 1.29 is 0 Å². The molecule has 0 aliphatic carbocycles. The molecule has 1 aromatic rings. The molecule has 0 aromatic carbocycles. The lowest BCUT2D eigenvalue weighted by atomic mass is 10.3. The Morgan fingerprint density at radius 3 is 2.94 bits per heavy atom. The van der Waals surface area contributed by atoms with Crippen molar-refractivity contribution in [3.05, 3.63) is 16.1 Å². The molecule has 1 unspecified atom stereocenters. The van der Waals surface area contributed by atoms with E-state index in [0.29, 0.717) is 6.04 Å². The fourth-order valence-electron chi connectivity index (χ4n) is 1.46. The molecule has 0 saturated heterocycles. The number of hydrogen-bond donors (Lipinski definition) is 1. The number of unbranched alkanes of at least 4 members (excludes halogenated alkanes) is 1. The minimum Gasteiger partial charge on any atom is -0.308 e. The summed E-state index contributed by atoms with van der Waals surface area (Å²) in [7, 11) is 0. The molecular weight excluding hydrogens is 236 g/mol. The second-order valence-electron chi connectivity index (χ2n) is 3.89.